The third-order valence-electron chi connectivity index (χ3n) is 4.71. The van der Waals surface area contributed by atoms with Gasteiger partial charge in [-0.3, -0.25) is 9.48 Å². The fraction of sp³-hybridized carbons (Fsp3) is 0.455. The van der Waals surface area contributed by atoms with E-state index in [1.54, 1.807) is 23.1 Å². The summed E-state index contributed by atoms with van der Waals surface area (Å²) in [6, 6.07) is 9.13. The maximum Gasteiger partial charge on any atom is 0.238 e. The molecule has 7 heteroatoms. The lowest BCUT2D eigenvalue weighted by Crippen LogP contribution is -2.43. The summed E-state index contributed by atoms with van der Waals surface area (Å²) in [5.41, 5.74) is 6.84. The van der Waals surface area contributed by atoms with Gasteiger partial charge in [-0.2, -0.15) is 5.10 Å². The molecule has 29 heavy (non-hydrogen) atoms. The van der Waals surface area contributed by atoms with Crippen molar-refractivity contribution in [3.63, 3.8) is 0 Å². The highest BCUT2D eigenvalue weighted by Gasteiger charge is 2.14. The Kier molecular flexibility index (Phi) is 8.11. The van der Waals surface area contributed by atoms with E-state index in [-0.39, 0.29) is 12.0 Å². The van der Waals surface area contributed by atoms with Gasteiger partial charge in [-0.05, 0) is 56.6 Å². The van der Waals surface area contributed by atoms with Gasteiger partial charge in [0.15, 0.2) is 0 Å². The molecule has 1 aromatic heterocycles. The second kappa shape index (κ2) is 11.2. The first kappa shape index (κ1) is 20.9. The first-order chi connectivity index (χ1) is 14.2. The summed E-state index contributed by atoms with van der Waals surface area (Å²) in [5.74, 6) is 7.04. The SMILES string of the molecule is NC(Cn1cccn1)C(=O)NCCCC#Cc1cccc(OC2CCNCC2)c1. The average Bonchev–Trinajstić information content (AvgIpc) is 3.24. The zero-order chi connectivity index (χ0) is 20.3. The summed E-state index contributed by atoms with van der Waals surface area (Å²) in [4.78, 5) is 12.0. The monoisotopic (exact) mass is 395 g/mol. The molecule has 1 atom stereocenters. The second-order valence-corrected chi connectivity index (χ2v) is 7.13. The standard InChI is InChI=1S/C22H29N5O2/c23-21(17-27-15-5-12-26-27)22(28)25-11-3-1-2-6-18-7-4-8-20(16-18)29-19-9-13-24-14-10-19/h4-5,7-8,12,15-16,19,21,24H,1,3,9-11,13-14,17,23H2,(H,25,28). The molecule has 2 heterocycles. The van der Waals surface area contributed by atoms with Crippen molar-refractivity contribution in [3.05, 3.63) is 48.3 Å². The number of carbonyl (C=O) groups excluding carboxylic acids is 1. The number of piperidine rings is 1. The van der Waals surface area contributed by atoms with E-state index in [9.17, 15) is 4.79 Å². The highest BCUT2D eigenvalue weighted by Crippen LogP contribution is 2.17. The van der Waals surface area contributed by atoms with Gasteiger partial charge in [0.05, 0.1) is 6.54 Å². The van der Waals surface area contributed by atoms with Crippen molar-refractivity contribution < 1.29 is 9.53 Å². The van der Waals surface area contributed by atoms with E-state index < -0.39 is 6.04 Å². The van der Waals surface area contributed by atoms with Crippen LogP contribution in [0.3, 0.4) is 0 Å². The fourth-order valence-corrected chi connectivity index (χ4v) is 3.13. The van der Waals surface area contributed by atoms with Crippen LogP contribution in [0.5, 0.6) is 5.75 Å². The van der Waals surface area contributed by atoms with Crippen LogP contribution in [0.1, 0.15) is 31.2 Å². The molecule has 0 spiro atoms. The number of ether oxygens (including phenoxy) is 1. The van der Waals surface area contributed by atoms with E-state index in [4.69, 9.17) is 10.5 Å². The highest BCUT2D eigenvalue weighted by atomic mass is 16.5. The van der Waals surface area contributed by atoms with Crippen molar-refractivity contribution in [3.8, 4) is 17.6 Å². The molecule has 3 rings (SSSR count). The number of nitrogens with zero attached hydrogens (tertiary/aromatic N) is 2. The summed E-state index contributed by atoms with van der Waals surface area (Å²) >= 11 is 0. The number of amides is 1. The van der Waals surface area contributed by atoms with Gasteiger partial charge >= 0.3 is 0 Å². The minimum Gasteiger partial charge on any atom is -0.490 e. The zero-order valence-electron chi connectivity index (χ0n) is 16.6. The first-order valence-electron chi connectivity index (χ1n) is 10.2. The molecule has 0 aliphatic carbocycles. The number of carbonyl (C=O) groups is 1. The Balaban J connectivity index is 1.35. The zero-order valence-corrected chi connectivity index (χ0v) is 16.6. The van der Waals surface area contributed by atoms with E-state index in [0.717, 1.165) is 43.7 Å². The van der Waals surface area contributed by atoms with Crippen LogP contribution in [0.15, 0.2) is 42.7 Å². The molecule has 1 unspecified atom stereocenters. The van der Waals surface area contributed by atoms with Crippen molar-refractivity contribution in [2.45, 2.75) is 44.4 Å². The van der Waals surface area contributed by atoms with Gasteiger partial charge in [0.2, 0.25) is 5.91 Å². The number of unbranched alkanes of at least 4 members (excludes halogenated alkanes) is 1. The minimum atomic E-state index is -0.608. The predicted molar refractivity (Wildman–Crippen MR) is 112 cm³/mol. The number of benzene rings is 1. The van der Waals surface area contributed by atoms with Crippen molar-refractivity contribution >= 4 is 5.91 Å². The van der Waals surface area contributed by atoms with E-state index in [0.29, 0.717) is 19.5 Å². The molecule has 1 aliphatic rings. The summed E-state index contributed by atoms with van der Waals surface area (Å²) in [7, 11) is 0. The van der Waals surface area contributed by atoms with Crippen LogP contribution in [0.4, 0.5) is 0 Å². The largest absolute Gasteiger partial charge is 0.490 e. The van der Waals surface area contributed by atoms with Gasteiger partial charge in [-0.25, -0.2) is 0 Å². The van der Waals surface area contributed by atoms with Crippen LogP contribution >= 0.6 is 0 Å². The number of nitrogens with two attached hydrogens (primary N) is 1. The van der Waals surface area contributed by atoms with Crippen molar-refractivity contribution in [2.24, 2.45) is 5.73 Å². The summed E-state index contributed by atoms with van der Waals surface area (Å²) in [6.07, 6.45) is 7.28. The predicted octanol–water partition coefficient (Wildman–Crippen LogP) is 1.29. The van der Waals surface area contributed by atoms with Gasteiger partial charge < -0.3 is 21.1 Å². The average molecular weight is 396 g/mol. The number of rotatable bonds is 8. The van der Waals surface area contributed by atoms with Gasteiger partial charge in [-0.1, -0.05) is 17.9 Å². The topological polar surface area (TPSA) is 94.2 Å². The van der Waals surface area contributed by atoms with Crippen LogP contribution in [0.2, 0.25) is 0 Å². The van der Waals surface area contributed by atoms with Gasteiger partial charge in [0, 0.05) is 30.9 Å². The maximum absolute atomic E-state index is 12.0. The lowest BCUT2D eigenvalue weighted by atomic mass is 10.1. The Bertz CT molecular complexity index is 819. The van der Waals surface area contributed by atoms with Gasteiger partial charge in [0.25, 0.3) is 0 Å². The van der Waals surface area contributed by atoms with Crippen LogP contribution in [0.25, 0.3) is 0 Å². The van der Waals surface area contributed by atoms with E-state index in [1.165, 1.54) is 0 Å². The fourth-order valence-electron chi connectivity index (χ4n) is 3.13. The van der Waals surface area contributed by atoms with Crippen molar-refractivity contribution in [1.29, 1.82) is 0 Å². The second-order valence-electron chi connectivity index (χ2n) is 7.13. The van der Waals surface area contributed by atoms with E-state index in [2.05, 4.69) is 27.6 Å². The van der Waals surface area contributed by atoms with Crippen molar-refractivity contribution in [2.75, 3.05) is 19.6 Å². The molecule has 1 aliphatic heterocycles. The molecular weight excluding hydrogens is 366 g/mol. The maximum atomic E-state index is 12.0. The molecule has 1 amide bonds. The van der Waals surface area contributed by atoms with Crippen LogP contribution < -0.4 is 21.1 Å². The molecule has 7 nitrogen and oxygen atoms in total. The Morgan fingerprint density at radius 1 is 1.38 bits per heavy atom. The van der Waals surface area contributed by atoms with Gasteiger partial charge in [0.1, 0.15) is 17.9 Å². The van der Waals surface area contributed by atoms with Crippen LogP contribution in [0, 0.1) is 11.8 Å². The Labute approximate surface area is 172 Å². The number of aromatic nitrogens is 2. The number of hydrogen-bond acceptors (Lipinski definition) is 5. The number of nitrogens with one attached hydrogen (secondary N) is 2. The molecule has 1 saturated heterocycles. The summed E-state index contributed by atoms with van der Waals surface area (Å²) < 4.78 is 7.71. The molecule has 0 bridgehead atoms. The molecular formula is C22H29N5O2. The lowest BCUT2D eigenvalue weighted by Gasteiger charge is -2.23. The van der Waals surface area contributed by atoms with Gasteiger partial charge in [-0.15, -0.1) is 0 Å². The number of hydrogen-bond donors (Lipinski definition) is 3. The first-order valence-corrected chi connectivity index (χ1v) is 10.2. The Hall–Kier alpha value is -2.82. The van der Waals surface area contributed by atoms with Crippen molar-refractivity contribution in [1.82, 2.24) is 20.4 Å². The molecule has 2 aromatic rings. The normalized spacial score (nSPS) is 15.2. The lowest BCUT2D eigenvalue weighted by molar-refractivity contribution is -0.122. The highest BCUT2D eigenvalue weighted by molar-refractivity contribution is 5.81. The smallest absolute Gasteiger partial charge is 0.238 e. The minimum absolute atomic E-state index is 0.170. The molecule has 154 valence electrons. The third kappa shape index (κ3) is 7.26. The molecule has 4 N–H and O–H groups in total. The molecule has 1 aromatic carbocycles. The molecule has 0 radical (unpaired) electrons. The Morgan fingerprint density at radius 2 is 2.24 bits per heavy atom. The van der Waals surface area contributed by atoms with Crippen LogP contribution in [-0.2, 0) is 11.3 Å². The molecule has 0 saturated carbocycles. The summed E-state index contributed by atoms with van der Waals surface area (Å²) in [6.45, 7) is 2.94. The van der Waals surface area contributed by atoms with E-state index in [1.807, 2.05) is 24.3 Å². The van der Waals surface area contributed by atoms with Crippen LogP contribution in [-0.4, -0.2) is 47.5 Å². The Morgan fingerprint density at radius 3 is 3.03 bits per heavy atom. The quantitative estimate of drug-likeness (QED) is 0.463. The van der Waals surface area contributed by atoms with E-state index >= 15 is 0 Å². The summed E-state index contributed by atoms with van der Waals surface area (Å²) in [5, 5.41) is 10.2. The molecule has 1 fully saturated rings. The third-order valence-corrected chi connectivity index (χ3v) is 4.71.